The zero-order valence-electron chi connectivity index (χ0n) is 15.5. The van der Waals surface area contributed by atoms with Gasteiger partial charge in [0.25, 0.3) is 0 Å². The van der Waals surface area contributed by atoms with Crippen molar-refractivity contribution in [3.8, 4) is 0 Å². The Kier molecular flexibility index (Phi) is 7.07. The molecule has 1 aromatic rings. The minimum atomic E-state index is -0.605. The number of hydrogen-bond acceptors (Lipinski definition) is 4. The summed E-state index contributed by atoms with van der Waals surface area (Å²) in [5.74, 6) is -0.292. The van der Waals surface area contributed by atoms with Gasteiger partial charge in [0.1, 0.15) is 12.1 Å². The maximum atomic E-state index is 12.0. The van der Waals surface area contributed by atoms with Crippen molar-refractivity contribution >= 4 is 23.4 Å². The van der Waals surface area contributed by atoms with E-state index >= 15 is 0 Å². The van der Waals surface area contributed by atoms with Crippen LogP contribution in [-0.4, -0.2) is 37.2 Å². The van der Waals surface area contributed by atoms with Crippen molar-refractivity contribution in [2.45, 2.75) is 47.1 Å². The first kappa shape index (κ1) is 19.8. The number of aryl methyl sites for hydroxylation is 1. The van der Waals surface area contributed by atoms with Gasteiger partial charge in [-0.25, -0.2) is 4.79 Å². The molecule has 0 aliphatic carbocycles. The number of amides is 2. The van der Waals surface area contributed by atoms with Crippen LogP contribution in [0.1, 0.15) is 40.2 Å². The van der Waals surface area contributed by atoms with Crippen molar-refractivity contribution in [1.29, 1.82) is 0 Å². The van der Waals surface area contributed by atoms with Crippen LogP contribution in [-0.2, 0) is 9.53 Å². The summed E-state index contributed by atoms with van der Waals surface area (Å²) in [7, 11) is 0. The molecule has 0 bridgehead atoms. The Morgan fingerprint density at radius 3 is 2.29 bits per heavy atom. The van der Waals surface area contributed by atoms with Gasteiger partial charge in [-0.1, -0.05) is 0 Å². The third-order valence-electron chi connectivity index (χ3n) is 3.40. The third kappa shape index (κ3) is 6.48. The van der Waals surface area contributed by atoms with Crippen LogP contribution in [0.5, 0.6) is 0 Å². The Balaban J connectivity index is 2.60. The number of alkyl carbamates (subject to hydrolysis) is 1. The number of benzene rings is 1. The minimum Gasteiger partial charge on any atom is -0.444 e. The predicted molar refractivity (Wildman–Crippen MR) is 97.6 cm³/mol. The molecule has 0 atom stereocenters. The van der Waals surface area contributed by atoms with Crippen LogP contribution in [0.15, 0.2) is 18.2 Å². The summed E-state index contributed by atoms with van der Waals surface area (Å²) in [5, 5.41) is 5.25. The highest BCUT2D eigenvalue weighted by Crippen LogP contribution is 2.22. The molecule has 0 spiro atoms. The van der Waals surface area contributed by atoms with Crippen LogP contribution in [0.3, 0.4) is 0 Å². The monoisotopic (exact) mass is 335 g/mol. The molecule has 6 heteroatoms. The molecule has 1 aromatic carbocycles. The van der Waals surface area contributed by atoms with Gasteiger partial charge >= 0.3 is 6.09 Å². The van der Waals surface area contributed by atoms with Crippen molar-refractivity contribution in [3.63, 3.8) is 0 Å². The maximum Gasteiger partial charge on any atom is 0.408 e. The molecule has 0 heterocycles. The molecule has 0 saturated carbocycles. The van der Waals surface area contributed by atoms with E-state index in [1.165, 1.54) is 0 Å². The molecule has 2 amide bonds. The van der Waals surface area contributed by atoms with Gasteiger partial charge in [-0.15, -0.1) is 0 Å². The molecule has 0 aliphatic heterocycles. The summed E-state index contributed by atoms with van der Waals surface area (Å²) in [5.41, 5.74) is 2.26. The van der Waals surface area contributed by atoms with Gasteiger partial charge in [0.05, 0.1) is 0 Å². The molecule has 0 radical (unpaired) electrons. The average molecular weight is 335 g/mol. The second kappa shape index (κ2) is 8.57. The van der Waals surface area contributed by atoms with E-state index in [9.17, 15) is 9.59 Å². The Labute approximate surface area is 144 Å². The zero-order valence-corrected chi connectivity index (χ0v) is 15.5. The summed E-state index contributed by atoms with van der Waals surface area (Å²) < 4.78 is 5.09. The highest BCUT2D eigenvalue weighted by Gasteiger charge is 2.16. The normalized spacial score (nSPS) is 10.9. The fourth-order valence-corrected chi connectivity index (χ4v) is 2.23. The topological polar surface area (TPSA) is 70.7 Å². The minimum absolute atomic E-state index is 0.133. The summed E-state index contributed by atoms with van der Waals surface area (Å²) in [4.78, 5) is 25.8. The Hall–Kier alpha value is -2.24. The Morgan fingerprint density at radius 1 is 1.17 bits per heavy atom. The predicted octanol–water partition coefficient (Wildman–Crippen LogP) is 3.30. The second-order valence-electron chi connectivity index (χ2n) is 6.58. The summed E-state index contributed by atoms with van der Waals surface area (Å²) in [6.45, 7) is 13.2. The van der Waals surface area contributed by atoms with E-state index in [4.69, 9.17) is 4.74 Å². The first-order valence-corrected chi connectivity index (χ1v) is 8.28. The SMILES string of the molecule is CCN(CC)c1ccc(NC(=O)CNC(=O)OC(C)(C)C)c(C)c1. The number of nitrogens with zero attached hydrogens (tertiary/aromatic N) is 1. The molecule has 24 heavy (non-hydrogen) atoms. The van der Waals surface area contributed by atoms with Crippen LogP contribution in [0, 0.1) is 6.92 Å². The van der Waals surface area contributed by atoms with E-state index in [1.807, 2.05) is 25.1 Å². The van der Waals surface area contributed by atoms with Crippen molar-refractivity contribution in [2.24, 2.45) is 0 Å². The number of carbonyl (C=O) groups excluding carboxylic acids is 2. The van der Waals surface area contributed by atoms with Gasteiger partial charge < -0.3 is 20.3 Å². The van der Waals surface area contributed by atoms with E-state index in [0.29, 0.717) is 0 Å². The average Bonchev–Trinajstić information content (AvgIpc) is 2.47. The number of carbonyl (C=O) groups is 2. The van der Waals surface area contributed by atoms with Gasteiger partial charge in [-0.05, 0) is 65.3 Å². The van der Waals surface area contributed by atoms with Crippen LogP contribution in [0.2, 0.25) is 0 Å². The molecule has 0 aromatic heterocycles. The summed E-state index contributed by atoms with van der Waals surface area (Å²) in [6, 6.07) is 5.91. The lowest BCUT2D eigenvalue weighted by atomic mass is 10.1. The van der Waals surface area contributed by atoms with Crippen molar-refractivity contribution in [3.05, 3.63) is 23.8 Å². The number of rotatable bonds is 6. The van der Waals surface area contributed by atoms with Crippen LogP contribution >= 0.6 is 0 Å². The highest BCUT2D eigenvalue weighted by atomic mass is 16.6. The van der Waals surface area contributed by atoms with Gasteiger partial charge in [0.2, 0.25) is 5.91 Å². The third-order valence-corrected chi connectivity index (χ3v) is 3.40. The first-order chi connectivity index (χ1) is 11.2. The molecule has 2 N–H and O–H groups in total. The quantitative estimate of drug-likeness (QED) is 0.837. The van der Waals surface area contributed by atoms with E-state index < -0.39 is 11.7 Å². The Morgan fingerprint density at radius 2 is 1.79 bits per heavy atom. The van der Waals surface area contributed by atoms with Gasteiger partial charge in [-0.3, -0.25) is 4.79 Å². The lowest BCUT2D eigenvalue weighted by molar-refractivity contribution is -0.115. The lowest BCUT2D eigenvalue weighted by Gasteiger charge is -2.22. The van der Waals surface area contributed by atoms with Crippen molar-refractivity contribution in [2.75, 3.05) is 29.9 Å². The van der Waals surface area contributed by atoms with Gasteiger partial charge in [0.15, 0.2) is 0 Å². The fraction of sp³-hybridized carbons (Fsp3) is 0.556. The smallest absolute Gasteiger partial charge is 0.408 e. The maximum absolute atomic E-state index is 12.0. The molecule has 0 aliphatic rings. The molecule has 1 rings (SSSR count). The number of anilines is 2. The number of nitrogens with one attached hydrogen (secondary N) is 2. The molecule has 0 unspecified atom stereocenters. The van der Waals surface area contributed by atoms with E-state index in [1.54, 1.807) is 20.8 Å². The van der Waals surface area contributed by atoms with Crippen molar-refractivity contribution < 1.29 is 14.3 Å². The van der Waals surface area contributed by atoms with Crippen LogP contribution < -0.4 is 15.5 Å². The molecular weight excluding hydrogens is 306 g/mol. The highest BCUT2D eigenvalue weighted by molar-refractivity contribution is 5.94. The molecular formula is C18H29N3O3. The van der Waals surface area contributed by atoms with Crippen LogP contribution in [0.4, 0.5) is 16.2 Å². The van der Waals surface area contributed by atoms with Crippen LogP contribution in [0.25, 0.3) is 0 Å². The van der Waals surface area contributed by atoms with Gasteiger partial charge in [0, 0.05) is 24.5 Å². The molecule has 0 saturated heterocycles. The number of ether oxygens (including phenoxy) is 1. The molecule has 6 nitrogen and oxygen atoms in total. The molecule has 134 valence electrons. The Bertz CT molecular complexity index is 575. The largest absolute Gasteiger partial charge is 0.444 e. The number of hydrogen-bond donors (Lipinski definition) is 2. The summed E-state index contributed by atoms with van der Waals surface area (Å²) >= 11 is 0. The zero-order chi connectivity index (χ0) is 18.3. The van der Waals surface area contributed by atoms with E-state index in [2.05, 4.69) is 29.4 Å². The molecule has 0 fully saturated rings. The van der Waals surface area contributed by atoms with E-state index in [0.717, 1.165) is 30.0 Å². The lowest BCUT2D eigenvalue weighted by Crippen LogP contribution is -2.37. The van der Waals surface area contributed by atoms with Gasteiger partial charge in [-0.2, -0.15) is 0 Å². The fourth-order valence-electron chi connectivity index (χ4n) is 2.23. The standard InChI is InChI=1S/C18H29N3O3/c1-7-21(8-2)14-9-10-15(13(3)11-14)20-16(22)12-19-17(23)24-18(4,5)6/h9-11H,7-8,12H2,1-6H3,(H,19,23)(H,20,22). The van der Waals surface area contributed by atoms with Crippen molar-refractivity contribution in [1.82, 2.24) is 5.32 Å². The first-order valence-electron chi connectivity index (χ1n) is 8.28. The second-order valence-corrected chi connectivity index (χ2v) is 6.58. The summed E-state index contributed by atoms with van der Waals surface area (Å²) in [6.07, 6.45) is -0.605. The van der Waals surface area contributed by atoms with E-state index in [-0.39, 0.29) is 12.5 Å².